The van der Waals surface area contributed by atoms with Crippen molar-refractivity contribution in [1.82, 2.24) is 5.32 Å². The molecule has 0 atom stereocenters. The van der Waals surface area contributed by atoms with Crippen LogP contribution in [0.1, 0.15) is 53.6 Å². The van der Waals surface area contributed by atoms with Crippen LogP contribution in [0.15, 0.2) is 18.2 Å². The van der Waals surface area contributed by atoms with Gasteiger partial charge in [0, 0.05) is 18.5 Å². The second-order valence-corrected chi connectivity index (χ2v) is 5.68. The molecule has 112 valence electrons. The van der Waals surface area contributed by atoms with Gasteiger partial charge in [0.2, 0.25) is 0 Å². The maximum atomic E-state index is 12.3. The molecule has 0 aromatic heterocycles. The normalized spacial score (nSPS) is 14.6. The zero-order valence-corrected chi connectivity index (χ0v) is 12.6. The van der Waals surface area contributed by atoms with Gasteiger partial charge >= 0.3 is 0 Å². The number of carbonyl (C=O) groups is 1. The number of benzene rings is 1. The van der Waals surface area contributed by atoms with E-state index < -0.39 is 0 Å². The summed E-state index contributed by atoms with van der Waals surface area (Å²) in [6, 6.07) is 5.69. The summed E-state index contributed by atoms with van der Waals surface area (Å²) < 4.78 is 0. The molecule has 1 aromatic carbocycles. The van der Waals surface area contributed by atoms with E-state index in [-0.39, 0.29) is 12.5 Å². The Morgan fingerprint density at radius 1 is 1.38 bits per heavy atom. The number of rotatable bonds is 4. The van der Waals surface area contributed by atoms with E-state index in [0.29, 0.717) is 17.9 Å². The Morgan fingerprint density at radius 2 is 2.14 bits per heavy atom. The van der Waals surface area contributed by atoms with Crippen molar-refractivity contribution in [3.05, 3.63) is 34.9 Å². The predicted molar refractivity (Wildman–Crippen MR) is 84.1 cm³/mol. The number of aryl methyl sites for hydroxylation is 1. The highest BCUT2D eigenvalue weighted by atomic mass is 16.2. The summed E-state index contributed by atoms with van der Waals surface area (Å²) in [5.74, 6) is 6.47. The Balaban J connectivity index is 2.06. The second kappa shape index (κ2) is 7.85. The first-order valence-corrected chi connectivity index (χ1v) is 7.69. The summed E-state index contributed by atoms with van der Waals surface area (Å²) in [5, 5.41) is 11.8. The van der Waals surface area contributed by atoms with Gasteiger partial charge in [0.15, 0.2) is 0 Å². The van der Waals surface area contributed by atoms with Crippen LogP contribution in [0, 0.1) is 24.7 Å². The smallest absolute Gasteiger partial charge is 0.252 e. The molecule has 1 fully saturated rings. The number of hydrogen-bond donors (Lipinski definition) is 2. The molecule has 1 amide bonds. The highest BCUT2D eigenvalue weighted by Gasteiger charge is 2.17. The van der Waals surface area contributed by atoms with Crippen molar-refractivity contribution in [3.8, 4) is 11.8 Å². The van der Waals surface area contributed by atoms with Gasteiger partial charge in [0.25, 0.3) is 5.91 Å². The molecule has 1 saturated carbocycles. The van der Waals surface area contributed by atoms with Crippen LogP contribution in [0.3, 0.4) is 0 Å². The number of carbonyl (C=O) groups excluding carboxylic acids is 1. The summed E-state index contributed by atoms with van der Waals surface area (Å²) in [6.07, 6.45) is 5.43. The fraction of sp³-hybridized carbons (Fsp3) is 0.500. The molecule has 21 heavy (non-hydrogen) atoms. The molecule has 3 nitrogen and oxygen atoms in total. The molecule has 1 aliphatic rings. The Morgan fingerprint density at radius 3 is 2.86 bits per heavy atom. The summed E-state index contributed by atoms with van der Waals surface area (Å²) in [4.78, 5) is 12.3. The van der Waals surface area contributed by atoms with E-state index in [2.05, 4.69) is 17.2 Å². The molecular weight excluding hydrogens is 262 g/mol. The minimum atomic E-state index is -0.0461. The third-order valence-corrected chi connectivity index (χ3v) is 3.91. The van der Waals surface area contributed by atoms with Crippen LogP contribution in [-0.2, 0) is 0 Å². The van der Waals surface area contributed by atoms with Crippen molar-refractivity contribution < 1.29 is 9.90 Å². The summed E-state index contributed by atoms with van der Waals surface area (Å²) >= 11 is 0. The van der Waals surface area contributed by atoms with Crippen molar-refractivity contribution in [3.63, 3.8) is 0 Å². The number of aliphatic hydroxyl groups excluding tert-OH is 1. The van der Waals surface area contributed by atoms with E-state index >= 15 is 0 Å². The lowest BCUT2D eigenvalue weighted by Crippen LogP contribution is -2.28. The van der Waals surface area contributed by atoms with E-state index in [9.17, 15) is 4.79 Å². The SMILES string of the molecule is Cc1ccc(C(=O)NCC2CCCC2)c(C#CCCO)c1. The lowest BCUT2D eigenvalue weighted by atomic mass is 10.0. The first-order chi connectivity index (χ1) is 10.2. The number of amides is 1. The zero-order valence-electron chi connectivity index (χ0n) is 12.6. The Bertz CT molecular complexity index is 548. The molecule has 0 unspecified atom stereocenters. The van der Waals surface area contributed by atoms with Gasteiger partial charge in [-0.1, -0.05) is 30.7 Å². The zero-order chi connectivity index (χ0) is 15.1. The highest BCUT2D eigenvalue weighted by Crippen LogP contribution is 2.23. The maximum absolute atomic E-state index is 12.3. The molecule has 0 aliphatic heterocycles. The van der Waals surface area contributed by atoms with Crippen molar-refractivity contribution >= 4 is 5.91 Å². The molecule has 0 bridgehead atoms. The molecule has 1 aliphatic carbocycles. The summed E-state index contributed by atoms with van der Waals surface area (Å²) in [6.45, 7) is 2.79. The van der Waals surface area contributed by atoms with Gasteiger partial charge in [-0.05, 0) is 43.4 Å². The Hall–Kier alpha value is -1.79. The van der Waals surface area contributed by atoms with Crippen molar-refractivity contribution in [2.24, 2.45) is 5.92 Å². The van der Waals surface area contributed by atoms with Gasteiger partial charge in [-0.25, -0.2) is 0 Å². The average molecular weight is 285 g/mol. The monoisotopic (exact) mass is 285 g/mol. The lowest BCUT2D eigenvalue weighted by Gasteiger charge is -2.12. The Kier molecular flexibility index (Phi) is 5.83. The van der Waals surface area contributed by atoms with E-state index in [1.165, 1.54) is 25.7 Å². The molecule has 2 N–H and O–H groups in total. The first-order valence-electron chi connectivity index (χ1n) is 7.69. The van der Waals surface area contributed by atoms with E-state index in [1.54, 1.807) is 0 Å². The van der Waals surface area contributed by atoms with E-state index in [4.69, 9.17) is 5.11 Å². The molecule has 1 aromatic rings. The van der Waals surface area contributed by atoms with Crippen LogP contribution >= 0.6 is 0 Å². The van der Waals surface area contributed by atoms with Crippen LogP contribution < -0.4 is 5.32 Å². The van der Waals surface area contributed by atoms with Crippen LogP contribution in [-0.4, -0.2) is 24.2 Å². The topological polar surface area (TPSA) is 49.3 Å². The minimum Gasteiger partial charge on any atom is -0.395 e. The van der Waals surface area contributed by atoms with Gasteiger partial charge in [-0.3, -0.25) is 4.79 Å². The molecular formula is C18H23NO2. The largest absolute Gasteiger partial charge is 0.395 e. The van der Waals surface area contributed by atoms with Gasteiger partial charge in [-0.15, -0.1) is 0 Å². The first kappa shape index (κ1) is 15.6. The maximum Gasteiger partial charge on any atom is 0.252 e. The van der Waals surface area contributed by atoms with Crippen molar-refractivity contribution in [2.45, 2.75) is 39.0 Å². The standard InChI is InChI=1S/C18H23NO2/c1-14-9-10-17(16(12-14)8-4-5-11-20)18(21)19-13-15-6-2-3-7-15/h9-10,12,15,20H,2-3,5-7,11,13H2,1H3,(H,19,21). The average Bonchev–Trinajstić information content (AvgIpc) is 2.98. The molecule has 2 rings (SSSR count). The van der Waals surface area contributed by atoms with Gasteiger partial charge in [0.1, 0.15) is 0 Å². The fourth-order valence-corrected chi connectivity index (χ4v) is 2.72. The van der Waals surface area contributed by atoms with Crippen LogP contribution in [0.4, 0.5) is 0 Å². The van der Waals surface area contributed by atoms with Crippen LogP contribution in [0.25, 0.3) is 0 Å². The molecule has 0 heterocycles. The van der Waals surface area contributed by atoms with Crippen molar-refractivity contribution in [2.75, 3.05) is 13.2 Å². The molecule has 3 heteroatoms. The second-order valence-electron chi connectivity index (χ2n) is 5.68. The minimum absolute atomic E-state index is 0.0437. The van der Waals surface area contributed by atoms with Gasteiger partial charge in [0.05, 0.1) is 12.2 Å². The third kappa shape index (κ3) is 4.61. The third-order valence-electron chi connectivity index (χ3n) is 3.91. The quantitative estimate of drug-likeness (QED) is 0.836. The molecule has 0 saturated heterocycles. The molecule has 0 radical (unpaired) electrons. The lowest BCUT2D eigenvalue weighted by molar-refractivity contribution is 0.0947. The number of hydrogen-bond acceptors (Lipinski definition) is 2. The van der Waals surface area contributed by atoms with E-state index in [1.807, 2.05) is 25.1 Å². The van der Waals surface area contributed by atoms with E-state index in [0.717, 1.165) is 17.7 Å². The fourth-order valence-electron chi connectivity index (χ4n) is 2.72. The van der Waals surface area contributed by atoms with Crippen LogP contribution in [0.2, 0.25) is 0 Å². The predicted octanol–water partition coefficient (Wildman–Crippen LogP) is 2.65. The molecule has 0 spiro atoms. The van der Waals surface area contributed by atoms with Gasteiger partial charge in [-0.2, -0.15) is 0 Å². The van der Waals surface area contributed by atoms with Crippen LogP contribution in [0.5, 0.6) is 0 Å². The number of aliphatic hydroxyl groups is 1. The highest BCUT2D eigenvalue weighted by molar-refractivity contribution is 5.96. The summed E-state index contributed by atoms with van der Waals surface area (Å²) in [5.41, 5.74) is 2.45. The van der Waals surface area contributed by atoms with Crippen molar-refractivity contribution in [1.29, 1.82) is 0 Å². The number of nitrogens with one attached hydrogen (secondary N) is 1. The summed E-state index contributed by atoms with van der Waals surface area (Å²) in [7, 11) is 0. The Labute approximate surface area is 126 Å². The van der Waals surface area contributed by atoms with Gasteiger partial charge < -0.3 is 10.4 Å².